The first kappa shape index (κ1) is 24.9. The van der Waals surface area contributed by atoms with E-state index >= 15 is 0 Å². The minimum Gasteiger partial charge on any atom is -0.496 e. The lowest BCUT2D eigenvalue weighted by Crippen LogP contribution is -2.33. The van der Waals surface area contributed by atoms with Crippen molar-refractivity contribution in [2.75, 3.05) is 20.2 Å². The molecule has 0 bridgehead atoms. The van der Waals surface area contributed by atoms with E-state index in [4.69, 9.17) is 4.74 Å². The van der Waals surface area contributed by atoms with Crippen molar-refractivity contribution < 1.29 is 17.9 Å². The highest BCUT2D eigenvalue weighted by Crippen LogP contribution is 2.28. The molecule has 0 saturated carbocycles. The lowest BCUT2D eigenvalue weighted by atomic mass is 9.97. The zero-order chi connectivity index (χ0) is 24.8. The standard InChI is InChI=1S/C28H32N2O4S/c1-21-12-14-23(15-13-21)27(22-10-6-5-7-11-22)29-28(31)25-20-24(16-17-26(25)34-2)35(32,33)30-18-8-3-4-9-19-30/h5-7,10-17,20,27H,3-4,8-9,18-19H2,1-2H3,(H,29,31)/t27-/m0/s1. The molecule has 1 fully saturated rings. The van der Waals surface area contributed by atoms with Gasteiger partial charge in [-0.15, -0.1) is 0 Å². The first-order chi connectivity index (χ1) is 16.9. The number of sulfonamides is 1. The van der Waals surface area contributed by atoms with Crippen LogP contribution in [0.1, 0.15) is 58.8 Å². The third-order valence-corrected chi connectivity index (χ3v) is 8.33. The van der Waals surface area contributed by atoms with E-state index in [2.05, 4.69) is 5.32 Å². The average molecular weight is 493 g/mol. The van der Waals surface area contributed by atoms with Gasteiger partial charge in [-0.05, 0) is 49.1 Å². The number of hydrogen-bond donors (Lipinski definition) is 1. The van der Waals surface area contributed by atoms with Crippen LogP contribution in [0.4, 0.5) is 0 Å². The van der Waals surface area contributed by atoms with E-state index in [0.29, 0.717) is 18.8 Å². The molecule has 1 saturated heterocycles. The minimum absolute atomic E-state index is 0.108. The van der Waals surface area contributed by atoms with Crippen LogP contribution in [0, 0.1) is 6.92 Å². The Hall–Kier alpha value is -3.16. The van der Waals surface area contributed by atoms with Gasteiger partial charge in [0.05, 0.1) is 23.6 Å². The Morgan fingerprint density at radius 1 is 0.886 bits per heavy atom. The molecule has 0 spiro atoms. The maximum absolute atomic E-state index is 13.6. The van der Waals surface area contributed by atoms with Crippen LogP contribution in [0.25, 0.3) is 0 Å². The summed E-state index contributed by atoms with van der Waals surface area (Å²) in [5, 5.41) is 3.10. The Bertz CT molecular complexity index is 1250. The number of ether oxygens (including phenoxy) is 1. The first-order valence-electron chi connectivity index (χ1n) is 12.0. The third kappa shape index (κ3) is 5.74. The van der Waals surface area contributed by atoms with Crippen LogP contribution in [0.3, 0.4) is 0 Å². The molecule has 1 amide bonds. The molecule has 0 aliphatic carbocycles. The second kappa shape index (κ2) is 11.1. The highest BCUT2D eigenvalue weighted by atomic mass is 32.2. The van der Waals surface area contributed by atoms with Gasteiger partial charge in [-0.2, -0.15) is 4.31 Å². The molecule has 1 atom stereocenters. The van der Waals surface area contributed by atoms with E-state index in [0.717, 1.165) is 42.4 Å². The van der Waals surface area contributed by atoms with Gasteiger partial charge in [0.2, 0.25) is 10.0 Å². The van der Waals surface area contributed by atoms with Crippen LogP contribution >= 0.6 is 0 Å². The molecular weight excluding hydrogens is 460 g/mol. The van der Waals surface area contributed by atoms with E-state index in [-0.39, 0.29) is 10.5 Å². The number of rotatable bonds is 7. The van der Waals surface area contributed by atoms with Crippen LogP contribution in [0.2, 0.25) is 0 Å². The van der Waals surface area contributed by atoms with E-state index in [1.807, 2.05) is 61.5 Å². The normalized spacial score (nSPS) is 15.7. The molecule has 1 heterocycles. The fourth-order valence-electron chi connectivity index (χ4n) is 4.43. The van der Waals surface area contributed by atoms with Gasteiger partial charge in [0.1, 0.15) is 5.75 Å². The number of nitrogens with one attached hydrogen (secondary N) is 1. The maximum atomic E-state index is 13.6. The number of aryl methyl sites for hydroxylation is 1. The molecule has 6 nitrogen and oxygen atoms in total. The third-order valence-electron chi connectivity index (χ3n) is 6.44. The number of carbonyl (C=O) groups excluding carboxylic acids is 1. The fourth-order valence-corrected chi connectivity index (χ4v) is 5.97. The number of methoxy groups -OCH3 is 1. The molecule has 1 aliphatic rings. The molecule has 0 radical (unpaired) electrons. The Kier molecular flexibility index (Phi) is 7.88. The Labute approximate surface area is 208 Å². The number of carbonyl (C=O) groups is 1. The summed E-state index contributed by atoms with van der Waals surface area (Å²) in [5.41, 5.74) is 3.18. The second-order valence-electron chi connectivity index (χ2n) is 8.91. The summed E-state index contributed by atoms with van der Waals surface area (Å²) < 4.78 is 33.7. The summed E-state index contributed by atoms with van der Waals surface area (Å²) in [6.07, 6.45) is 3.75. The largest absolute Gasteiger partial charge is 0.496 e. The maximum Gasteiger partial charge on any atom is 0.255 e. The Morgan fingerprint density at radius 2 is 1.51 bits per heavy atom. The number of benzene rings is 3. The molecule has 1 aliphatic heterocycles. The molecule has 35 heavy (non-hydrogen) atoms. The molecule has 7 heteroatoms. The van der Waals surface area contributed by atoms with Gasteiger partial charge in [0.25, 0.3) is 5.91 Å². The molecule has 0 aromatic heterocycles. The molecular formula is C28H32N2O4S. The Morgan fingerprint density at radius 3 is 2.14 bits per heavy atom. The molecule has 1 N–H and O–H groups in total. The van der Waals surface area contributed by atoms with Gasteiger partial charge in [-0.1, -0.05) is 73.0 Å². The minimum atomic E-state index is -3.71. The first-order valence-corrected chi connectivity index (χ1v) is 13.4. The van der Waals surface area contributed by atoms with Crippen LogP contribution in [0.5, 0.6) is 5.75 Å². The van der Waals surface area contributed by atoms with Crippen molar-refractivity contribution in [2.45, 2.75) is 43.5 Å². The van der Waals surface area contributed by atoms with Crippen molar-refractivity contribution in [1.29, 1.82) is 0 Å². The molecule has 184 valence electrons. The van der Waals surface area contributed by atoms with Crippen molar-refractivity contribution in [3.63, 3.8) is 0 Å². The zero-order valence-electron chi connectivity index (χ0n) is 20.2. The molecule has 4 rings (SSSR count). The summed E-state index contributed by atoms with van der Waals surface area (Å²) in [4.78, 5) is 13.7. The van der Waals surface area contributed by atoms with Crippen LogP contribution in [-0.4, -0.2) is 38.8 Å². The monoisotopic (exact) mass is 492 g/mol. The van der Waals surface area contributed by atoms with E-state index in [9.17, 15) is 13.2 Å². The topological polar surface area (TPSA) is 75.7 Å². The average Bonchev–Trinajstić information content (AvgIpc) is 3.18. The fraction of sp³-hybridized carbons (Fsp3) is 0.321. The molecule has 0 unspecified atom stereocenters. The van der Waals surface area contributed by atoms with Crippen molar-refractivity contribution in [3.8, 4) is 5.75 Å². The van der Waals surface area contributed by atoms with E-state index < -0.39 is 22.0 Å². The molecule has 3 aromatic carbocycles. The van der Waals surface area contributed by atoms with E-state index in [1.54, 1.807) is 6.07 Å². The lowest BCUT2D eigenvalue weighted by molar-refractivity contribution is 0.0939. The van der Waals surface area contributed by atoms with Crippen molar-refractivity contribution in [3.05, 3.63) is 95.1 Å². The highest BCUT2D eigenvalue weighted by Gasteiger charge is 2.28. The molecule has 3 aromatic rings. The SMILES string of the molecule is COc1ccc(S(=O)(=O)N2CCCCCC2)cc1C(=O)N[C@@H](c1ccccc1)c1ccc(C)cc1. The Balaban J connectivity index is 1.68. The van der Waals surface area contributed by atoms with Gasteiger partial charge >= 0.3 is 0 Å². The second-order valence-corrected chi connectivity index (χ2v) is 10.8. The van der Waals surface area contributed by atoms with Crippen molar-refractivity contribution in [1.82, 2.24) is 9.62 Å². The summed E-state index contributed by atoms with van der Waals surface area (Å²) in [6.45, 7) is 3.01. The summed E-state index contributed by atoms with van der Waals surface area (Å²) in [5.74, 6) is -0.0720. The smallest absolute Gasteiger partial charge is 0.255 e. The van der Waals surface area contributed by atoms with Gasteiger partial charge in [0.15, 0.2) is 0 Å². The summed E-state index contributed by atoms with van der Waals surface area (Å²) >= 11 is 0. The predicted molar refractivity (Wildman–Crippen MR) is 137 cm³/mol. The quantitative estimate of drug-likeness (QED) is 0.499. The summed E-state index contributed by atoms with van der Waals surface area (Å²) in [7, 11) is -2.23. The number of hydrogen-bond acceptors (Lipinski definition) is 4. The van der Waals surface area contributed by atoms with Gasteiger partial charge in [-0.3, -0.25) is 4.79 Å². The van der Waals surface area contributed by atoms with Gasteiger partial charge < -0.3 is 10.1 Å². The number of nitrogens with zero attached hydrogens (tertiary/aromatic N) is 1. The number of amides is 1. The zero-order valence-corrected chi connectivity index (χ0v) is 21.1. The van der Waals surface area contributed by atoms with Gasteiger partial charge in [0, 0.05) is 13.1 Å². The van der Waals surface area contributed by atoms with Gasteiger partial charge in [-0.25, -0.2) is 8.42 Å². The summed E-state index contributed by atoms with van der Waals surface area (Å²) in [6, 6.07) is 21.8. The highest BCUT2D eigenvalue weighted by molar-refractivity contribution is 7.89. The van der Waals surface area contributed by atoms with Crippen molar-refractivity contribution >= 4 is 15.9 Å². The van der Waals surface area contributed by atoms with E-state index in [1.165, 1.54) is 23.5 Å². The van der Waals surface area contributed by atoms with Crippen LogP contribution in [0.15, 0.2) is 77.7 Å². The predicted octanol–water partition coefficient (Wildman–Crippen LogP) is 5.09. The van der Waals surface area contributed by atoms with Crippen LogP contribution < -0.4 is 10.1 Å². The lowest BCUT2D eigenvalue weighted by Gasteiger charge is -2.22. The van der Waals surface area contributed by atoms with Crippen molar-refractivity contribution in [2.24, 2.45) is 0 Å². The van der Waals surface area contributed by atoms with Crippen LogP contribution in [-0.2, 0) is 10.0 Å².